The van der Waals surface area contributed by atoms with Crippen LogP contribution in [0.5, 0.6) is 11.5 Å². The highest BCUT2D eigenvalue weighted by Crippen LogP contribution is 2.39. The van der Waals surface area contributed by atoms with E-state index in [1.165, 1.54) is 12.8 Å². The zero-order valence-corrected chi connectivity index (χ0v) is 12.2. The van der Waals surface area contributed by atoms with Crippen molar-refractivity contribution in [2.45, 2.75) is 25.3 Å². The third-order valence-corrected chi connectivity index (χ3v) is 4.04. The molecule has 1 aliphatic carbocycles. The predicted molar refractivity (Wildman–Crippen MR) is 77.6 cm³/mol. The van der Waals surface area contributed by atoms with Crippen molar-refractivity contribution in [3.8, 4) is 11.5 Å². The van der Waals surface area contributed by atoms with Gasteiger partial charge in [-0.25, -0.2) is 0 Å². The van der Waals surface area contributed by atoms with Gasteiger partial charge in [0.2, 0.25) is 0 Å². The highest BCUT2D eigenvalue weighted by molar-refractivity contribution is 6.32. The zero-order valence-electron chi connectivity index (χ0n) is 11.4. The number of hydrogen-bond donors (Lipinski definition) is 2. The molecule has 5 heteroatoms. The van der Waals surface area contributed by atoms with Crippen LogP contribution >= 0.6 is 11.6 Å². The number of nitrogens with one attached hydrogen (secondary N) is 1. The van der Waals surface area contributed by atoms with Gasteiger partial charge in [-0.3, -0.25) is 0 Å². The Bertz CT molecular complexity index is 476. The molecule has 1 aromatic rings. The smallest absolute Gasteiger partial charge is 0.179 e. The summed E-state index contributed by atoms with van der Waals surface area (Å²) < 4.78 is 11.3. The van der Waals surface area contributed by atoms with Crippen LogP contribution in [-0.2, 0) is 0 Å². The molecule has 0 aromatic heterocycles. The van der Waals surface area contributed by atoms with E-state index >= 15 is 0 Å². The molecule has 1 saturated carbocycles. The van der Waals surface area contributed by atoms with Gasteiger partial charge in [-0.15, -0.1) is 0 Å². The topological polar surface area (TPSA) is 50.7 Å². The fourth-order valence-corrected chi connectivity index (χ4v) is 2.64. The van der Waals surface area contributed by atoms with Crippen molar-refractivity contribution in [3.05, 3.63) is 22.7 Å². The molecule has 1 aliphatic heterocycles. The van der Waals surface area contributed by atoms with E-state index in [9.17, 15) is 5.11 Å². The highest BCUT2D eigenvalue weighted by Gasteiger charge is 2.24. The van der Waals surface area contributed by atoms with Crippen molar-refractivity contribution >= 4 is 11.6 Å². The maximum absolute atomic E-state index is 9.59. The maximum atomic E-state index is 9.59. The molecule has 0 radical (unpaired) electrons. The summed E-state index contributed by atoms with van der Waals surface area (Å²) in [5, 5.41) is 13.5. The Balaban J connectivity index is 1.80. The molecule has 1 fully saturated rings. The fraction of sp³-hybridized carbons (Fsp3) is 0.600. The van der Waals surface area contributed by atoms with Crippen LogP contribution in [0, 0.1) is 5.92 Å². The molecule has 4 nitrogen and oxygen atoms in total. The van der Waals surface area contributed by atoms with Crippen molar-refractivity contribution in [2.24, 2.45) is 5.92 Å². The van der Waals surface area contributed by atoms with E-state index in [1.54, 1.807) is 0 Å². The maximum Gasteiger partial charge on any atom is 0.179 e. The molecule has 3 rings (SSSR count). The zero-order chi connectivity index (χ0) is 13.9. The van der Waals surface area contributed by atoms with Gasteiger partial charge >= 0.3 is 0 Å². The SMILES string of the molecule is OCC(NCC1CC1)c1cc(Cl)c2c(c1)OCCCO2. The molecule has 0 amide bonds. The van der Waals surface area contributed by atoms with Crippen molar-refractivity contribution in [1.82, 2.24) is 5.32 Å². The molecule has 0 bridgehead atoms. The minimum Gasteiger partial charge on any atom is -0.489 e. The third-order valence-electron chi connectivity index (χ3n) is 3.76. The minimum absolute atomic E-state index is 0.0443. The normalized spacial score (nSPS) is 19.5. The number of ether oxygens (including phenoxy) is 2. The summed E-state index contributed by atoms with van der Waals surface area (Å²) in [5.74, 6) is 2.06. The first-order chi connectivity index (χ1) is 9.78. The number of benzene rings is 1. The lowest BCUT2D eigenvalue weighted by molar-refractivity contribution is 0.243. The molecular formula is C15H20ClNO3. The predicted octanol–water partition coefficient (Wildman–Crippen LogP) is 2.53. The number of aliphatic hydroxyl groups is 1. The second-order valence-electron chi connectivity index (χ2n) is 5.47. The van der Waals surface area contributed by atoms with Gasteiger partial charge in [0.25, 0.3) is 0 Å². The van der Waals surface area contributed by atoms with Crippen molar-refractivity contribution in [2.75, 3.05) is 26.4 Å². The second-order valence-corrected chi connectivity index (χ2v) is 5.87. The molecule has 2 aliphatic rings. The summed E-state index contributed by atoms with van der Waals surface area (Å²) in [6.45, 7) is 2.24. The standard InChI is InChI=1S/C15H20ClNO3/c16-12-6-11(13(9-18)17-8-10-2-3-10)7-14-15(12)20-5-1-4-19-14/h6-7,10,13,17-18H,1-5,8-9H2. The first-order valence-corrected chi connectivity index (χ1v) is 7.59. The van der Waals surface area contributed by atoms with E-state index in [-0.39, 0.29) is 12.6 Å². The lowest BCUT2D eigenvalue weighted by Gasteiger charge is -2.19. The molecule has 2 N–H and O–H groups in total. The molecular weight excluding hydrogens is 278 g/mol. The van der Waals surface area contributed by atoms with E-state index in [0.29, 0.717) is 29.7 Å². The molecule has 0 saturated heterocycles. The molecule has 110 valence electrons. The van der Waals surface area contributed by atoms with Crippen LogP contribution in [0.2, 0.25) is 5.02 Å². The van der Waals surface area contributed by atoms with E-state index < -0.39 is 0 Å². The summed E-state index contributed by atoms with van der Waals surface area (Å²) in [6.07, 6.45) is 3.42. The van der Waals surface area contributed by atoms with Gasteiger partial charge < -0.3 is 19.9 Å². The number of rotatable bonds is 5. The summed E-state index contributed by atoms with van der Waals surface area (Å²) in [4.78, 5) is 0. The summed E-state index contributed by atoms with van der Waals surface area (Å²) in [5.41, 5.74) is 0.947. The van der Waals surface area contributed by atoms with Crippen LogP contribution in [0.4, 0.5) is 0 Å². The second kappa shape index (κ2) is 6.20. The van der Waals surface area contributed by atoms with E-state index in [2.05, 4.69) is 5.32 Å². The average molecular weight is 298 g/mol. The molecule has 1 atom stereocenters. The molecule has 0 spiro atoms. The monoisotopic (exact) mass is 297 g/mol. The Morgan fingerprint density at radius 1 is 1.30 bits per heavy atom. The summed E-state index contributed by atoms with van der Waals surface area (Å²) in [7, 11) is 0. The van der Waals surface area contributed by atoms with Gasteiger partial charge in [-0.2, -0.15) is 0 Å². The van der Waals surface area contributed by atoms with E-state index in [4.69, 9.17) is 21.1 Å². The lowest BCUT2D eigenvalue weighted by atomic mass is 10.1. The summed E-state index contributed by atoms with van der Waals surface area (Å²) in [6, 6.07) is 3.67. The van der Waals surface area contributed by atoms with Gasteiger partial charge in [0.1, 0.15) is 0 Å². The van der Waals surface area contributed by atoms with Crippen molar-refractivity contribution in [1.29, 1.82) is 0 Å². The van der Waals surface area contributed by atoms with Gasteiger partial charge in [0.15, 0.2) is 11.5 Å². The third kappa shape index (κ3) is 3.19. The Morgan fingerprint density at radius 3 is 2.85 bits per heavy atom. The first kappa shape index (κ1) is 14.0. The Morgan fingerprint density at radius 2 is 2.10 bits per heavy atom. The molecule has 20 heavy (non-hydrogen) atoms. The average Bonchev–Trinajstić information content (AvgIpc) is 3.25. The quantitative estimate of drug-likeness (QED) is 0.877. The number of fused-ring (bicyclic) bond motifs is 1. The lowest BCUT2D eigenvalue weighted by Crippen LogP contribution is -2.26. The highest BCUT2D eigenvalue weighted by atomic mass is 35.5. The van der Waals surface area contributed by atoms with Gasteiger partial charge in [-0.1, -0.05) is 11.6 Å². The van der Waals surface area contributed by atoms with Crippen LogP contribution in [-0.4, -0.2) is 31.5 Å². The van der Waals surface area contributed by atoms with Gasteiger partial charge in [0.05, 0.1) is 30.9 Å². The van der Waals surface area contributed by atoms with Crippen LogP contribution in [0.25, 0.3) is 0 Å². The van der Waals surface area contributed by atoms with Crippen molar-refractivity contribution in [3.63, 3.8) is 0 Å². The number of aliphatic hydroxyl groups excluding tert-OH is 1. The Hall–Kier alpha value is -0.970. The Labute approximate surface area is 124 Å². The van der Waals surface area contributed by atoms with E-state index in [0.717, 1.165) is 24.4 Å². The molecule has 1 unspecified atom stereocenters. The van der Waals surface area contributed by atoms with Gasteiger partial charge in [0, 0.05) is 6.42 Å². The molecule has 1 heterocycles. The van der Waals surface area contributed by atoms with Crippen LogP contribution in [0.3, 0.4) is 0 Å². The largest absolute Gasteiger partial charge is 0.489 e. The van der Waals surface area contributed by atoms with Crippen LogP contribution < -0.4 is 14.8 Å². The minimum atomic E-state index is -0.106. The number of halogens is 1. The molecule has 1 aromatic carbocycles. The van der Waals surface area contributed by atoms with Crippen molar-refractivity contribution < 1.29 is 14.6 Å². The fourth-order valence-electron chi connectivity index (χ4n) is 2.37. The first-order valence-electron chi connectivity index (χ1n) is 7.21. The Kier molecular flexibility index (Phi) is 4.34. The van der Waals surface area contributed by atoms with Gasteiger partial charge in [-0.05, 0) is 43.0 Å². The number of hydrogen-bond acceptors (Lipinski definition) is 4. The van der Waals surface area contributed by atoms with Crippen LogP contribution in [0.1, 0.15) is 30.9 Å². The van der Waals surface area contributed by atoms with Crippen LogP contribution in [0.15, 0.2) is 12.1 Å². The summed E-state index contributed by atoms with van der Waals surface area (Å²) >= 11 is 6.28. The van der Waals surface area contributed by atoms with E-state index in [1.807, 2.05) is 12.1 Å².